The molecule has 0 fully saturated rings. The van der Waals surface area contributed by atoms with E-state index in [0.717, 1.165) is 0 Å². The van der Waals surface area contributed by atoms with Crippen LogP contribution in [0.25, 0.3) is 0 Å². The fourth-order valence-corrected chi connectivity index (χ4v) is 0.364. The molecule has 1 aliphatic rings. The van der Waals surface area contributed by atoms with Gasteiger partial charge in [-0.2, -0.15) is 0 Å². The maximum Gasteiger partial charge on any atom is 0.265 e. The molecule has 4 heteroatoms. The monoisotopic (exact) mass is 104 g/mol. The zero-order chi connectivity index (χ0) is 4.41. The number of hydrogen-bond donors (Lipinski definition) is 2. The van der Waals surface area contributed by atoms with Crippen LogP contribution in [0.5, 0.6) is 0 Å². The molecule has 0 bridgehead atoms. The average Bonchev–Trinajstić information content (AvgIpc) is 1.86. The third-order valence-corrected chi connectivity index (χ3v) is 0.670. The van der Waals surface area contributed by atoms with Crippen molar-refractivity contribution in [2.75, 3.05) is 6.73 Å². The molecule has 0 saturated heterocycles. The second-order valence-electron chi connectivity index (χ2n) is 0.841. The summed E-state index contributed by atoms with van der Waals surface area (Å²) in [6.07, 6.45) is 0. The maximum absolute atomic E-state index is 4.66. The Kier molecular flexibility index (Phi) is 0.874. The van der Waals surface area contributed by atoms with Crippen molar-refractivity contribution in [3.8, 4) is 0 Å². The van der Waals surface area contributed by atoms with Crippen LogP contribution in [-0.4, -0.2) is 12.0 Å². The summed E-state index contributed by atoms with van der Waals surface area (Å²) < 4.78 is 4.66. The van der Waals surface area contributed by atoms with Crippen LogP contribution in [-0.2, 0) is 4.74 Å². The Hall–Kier alpha value is -0.380. The Labute approximate surface area is 40.8 Å². The molecule has 0 aromatic rings. The largest absolute Gasteiger partial charge is 0.449 e. The second-order valence-corrected chi connectivity index (χ2v) is 1.22. The van der Waals surface area contributed by atoms with Gasteiger partial charge in [-0.3, -0.25) is 5.43 Å². The molecule has 0 aliphatic carbocycles. The van der Waals surface area contributed by atoms with Crippen LogP contribution in [0.15, 0.2) is 5.10 Å². The molecular weight excluding hydrogens is 100 g/mol. The van der Waals surface area contributed by atoms with Gasteiger partial charge in [-0.1, -0.05) is 12.6 Å². The number of hydrogen-bond acceptors (Lipinski definition) is 3. The zero-order valence-corrected chi connectivity index (χ0v) is 3.90. The summed E-state index contributed by atoms with van der Waals surface area (Å²) in [6, 6.07) is 0. The Bertz CT molecular complexity index is 81.6. The van der Waals surface area contributed by atoms with E-state index in [1.165, 1.54) is 0 Å². The molecule has 1 heterocycles. The molecule has 34 valence electrons. The second kappa shape index (κ2) is 1.38. The number of hydrazone groups is 1. The Balaban J connectivity index is 2.45. The van der Waals surface area contributed by atoms with Crippen molar-refractivity contribution < 1.29 is 4.74 Å². The summed E-state index contributed by atoms with van der Waals surface area (Å²) in [4.78, 5) is 0. The topological polar surface area (TPSA) is 33.6 Å². The van der Waals surface area contributed by atoms with Crippen LogP contribution in [0, 0.1) is 0 Å². The molecule has 3 nitrogen and oxygen atoms in total. The minimum absolute atomic E-state index is 0.412. The summed E-state index contributed by atoms with van der Waals surface area (Å²) >= 11 is 3.76. The van der Waals surface area contributed by atoms with E-state index in [0.29, 0.717) is 12.0 Å². The molecule has 0 amide bonds. The van der Waals surface area contributed by atoms with Crippen molar-refractivity contribution in [1.82, 2.24) is 5.43 Å². The minimum atomic E-state index is 0.412. The summed E-state index contributed by atoms with van der Waals surface area (Å²) in [6.45, 7) is 0.457. The summed E-state index contributed by atoms with van der Waals surface area (Å²) in [7, 11) is 0. The predicted molar refractivity (Wildman–Crippen MR) is 25.5 cm³/mol. The molecule has 0 aromatic heterocycles. The molecule has 0 saturated carbocycles. The zero-order valence-electron chi connectivity index (χ0n) is 3.01. The maximum atomic E-state index is 4.66. The molecule has 0 spiro atoms. The molecule has 0 unspecified atom stereocenters. The van der Waals surface area contributed by atoms with Crippen LogP contribution in [0.3, 0.4) is 0 Å². The van der Waals surface area contributed by atoms with Gasteiger partial charge < -0.3 is 4.74 Å². The number of nitrogens with zero attached hydrogens (tertiary/aromatic N) is 1. The van der Waals surface area contributed by atoms with E-state index < -0.39 is 0 Å². The number of rotatable bonds is 0. The Morgan fingerprint density at radius 1 is 2.00 bits per heavy atom. The molecule has 1 N–H and O–H groups in total. The van der Waals surface area contributed by atoms with E-state index >= 15 is 0 Å². The van der Waals surface area contributed by atoms with E-state index in [-0.39, 0.29) is 0 Å². The van der Waals surface area contributed by atoms with Gasteiger partial charge in [0.05, 0.1) is 0 Å². The number of thiol groups is 1. The highest BCUT2D eigenvalue weighted by atomic mass is 32.1. The van der Waals surface area contributed by atoms with Crippen molar-refractivity contribution in [3.05, 3.63) is 0 Å². The molecule has 0 aromatic carbocycles. The normalized spacial score (nSPS) is 18.5. The Morgan fingerprint density at radius 2 is 2.83 bits per heavy atom. The van der Waals surface area contributed by atoms with Crippen molar-refractivity contribution in [1.29, 1.82) is 0 Å². The van der Waals surface area contributed by atoms with Crippen LogP contribution in [0.4, 0.5) is 0 Å². The molecule has 1 rings (SSSR count). The third-order valence-electron chi connectivity index (χ3n) is 0.441. The molecule has 1 aliphatic heterocycles. The smallest absolute Gasteiger partial charge is 0.265 e. The van der Waals surface area contributed by atoms with Crippen LogP contribution < -0.4 is 5.43 Å². The van der Waals surface area contributed by atoms with Crippen LogP contribution in [0.1, 0.15) is 0 Å². The first-order valence-corrected chi connectivity index (χ1v) is 1.96. The standard InChI is InChI=1S/C2H4N2OS/c6-2-4-3-1-5-2/h3H,1H2,(H,4,6). The highest BCUT2D eigenvalue weighted by Crippen LogP contribution is 1.89. The van der Waals surface area contributed by atoms with Gasteiger partial charge in [0, 0.05) is 0 Å². The minimum Gasteiger partial charge on any atom is -0.449 e. The fraction of sp³-hybridized carbons (Fsp3) is 0.500. The van der Waals surface area contributed by atoms with Crippen molar-refractivity contribution in [2.45, 2.75) is 0 Å². The van der Waals surface area contributed by atoms with Gasteiger partial charge in [-0.25, -0.2) is 0 Å². The average molecular weight is 104 g/mol. The van der Waals surface area contributed by atoms with E-state index in [2.05, 4.69) is 27.9 Å². The van der Waals surface area contributed by atoms with E-state index in [1.807, 2.05) is 0 Å². The third kappa shape index (κ3) is 0.567. The fourth-order valence-electron chi connectivity index (χ4n) is 0.229. The highest BCUT2D eigenvalue weighted by molar-refractivity contribution is 7.96. The highest BCUT2D eigenvalue weighted by Gasteiger charge is 1.96. The number of ether oxygens (including phenoxy) is 1. The number of nitrogens with one attached hydrogen (secondary N) is 1. The van der Waals surface area contributed by atoms with Gasteiger partial charge >= 0.3 is 0 Å². The first kappa shape index (κ1) is 3.80. The van der Waals surface area contributed by atoms with Crippen LogP contribution in [0.2, 0.25) is 0 Å². The van der Waals surface area contributed by atoms with Crippen molar-refractivity contribution in [3.63, 3.8) is 0 Å². The molecule has 0 atom stereocenters. The lowest BCUT2D eigenvalue weighted by molar-refractivity contribution is 0.323. The van der Waals surface area contributed by atoms with Gasteiger partial charge in [0.1, 0.15) is 0 Å². The Morgan fingerprint density at radius 3 is 3.00 bits per heavy atom. The van der Waals surface area contributed by atoms with Crippen molar-refractivity contribution in [2.24, 2.45) is 5.10 Å². The van der Waals surface area contributed by atoms with E-state index in [1.54, 1.807) is 0 Å². The van der Waals surface area contributed by atoms with Gasteiger partial charge in [0.2, 0.25) is 0 Å². The molecular formula is C2H4N2OS. The summed E-state index contributed by atoms with van der Waals surface area (Å²) in [5, 5.41) is 3.96. The quantitative estimate of drug-likeness (QED) is 0.416. The van der Waals surface area contributed by atoms with E-state index in [9.17, 15) is 0 Å². The molecule has 0 radical (unpaired) electrons. The lowest BCUT2D eigenvalue weighted by Gasteiger charge is -1.83. The van der Waals surface area contributed by atoms with Crippen molar-refractivity contribution >= 4 is 17.9 Å². The van der Waals surface area contributed by atoms with Gasteiger partial charge in [0.15, 0.2) is 6.73 Å². The lowest BCUT2D eigenvalue weighted by Crippen LogP contribution is -1.98. The van der Waals surface area contributed by atoms with Gasteiger partial charge in [-0.05, 0) is 0 Å². The van der Waals surface area contributed by atoms with Crippen LogP contribution >= 0.6 is 12.6 Å². The predicted octanol–water partition coefficient (Wildman–Crippen LogP) is -0.235. The van der Waals surface area contributed by atoms with Gasteiger partial charge in [-0.15, -0.1) is 5.10 Å². The lowest BCUT2D eigenvalue weighted by atomic mass is 11.3. The summed E-state index contributed by atoms with van der Waals surface area (Å²) in [5.74, 6) is 0. The molecule has 6 heavy (non-hydrogen) atoms. The van der Waals surface area contributed by atoms with Gasteiger partial charge in [0.25, 0.3) is 5.23 Å². The first-order valence-electron chi connectivity index (χ1n) is 1.52. The summed E-state index contributed by atoms with van der Waals surface area (Å²) in [5.41, 5.74) is 2.56. The first-order chi connectivity index (χ1) is 2.89. The SMILES string of the molecule is SC1=NNCO1. The van der Waals surface area contributed by atoms with E-state index in [4.69, 9.17) is 0 Å².